The van der Waals surface area contributed by atoms with E-state index in [0.717, 1.165) is 25.9 Å². The molecule has 15 heavy (non-hydrogen) atoms. The molecule has 0 saturated carbocycles. The van der Waals surface area contributed by atoms with Crippen LogP contribution in [0.15, 0.2) is 0 Å². The Balaban J connectivity index is 2.42. The minimum atomic E-state index is -0.379. The van der Waals surface area contributed by atoms with Gasteiger partial charge in [0.15, 0.2) is 0 Å². The monoisotopic (exact) mass is 214 g/mol. The molecule has 1 saturated heterocycles. The summed E-state index contributed by atoms with van der Waals surface area (Å²) in [5.41, 5.74) is 5.82. The van der Waals surface area contributed by atoms with Gasteiger partial charge in [0.05, 0.1) is 6.04 Å². The first-order valence-corrected chi connectivity index (χ1v) is 5.71. The molecular weight excluding hydrogens is 192 g/mol. The fourth-order valence-electron chi connectivity index (χ4n) is 1.83. The van der Waals surface area contributed by atoms with Gasteiger partial charge in [0.25, 0.3) is 0 Å². The average molecular weight is 214 g/mol. The second kappa shape index (κ2) is 5.47. The zero-order valence-corrected chi connectivity index (χ0v) is 9.65. The van der Waals surface area contributed by atoms with E-state index < -0.39 is 0 Å². The Morgan fingerprint density at radius 2 is 2.00 bits per heavy atom. The van der Waals surface area contributed by atoms with Gasteiger partial charge in [0.2, 0.25) is 5.91 Å². The predicted octanol–water partition coefficient (Wildman–Crippen LogP) is 0.201. The van der Waals surface area contributed by atoms with Gasteiger partial charge < -0.3 is 15.7 Å². The lowest BCUT2D eigenvalue weighted by Crippen LogP contribution is -2.49. The third-order valence-electron chi connectivity index (χ3n) is 3.19. The second-order valence-corrected chi connectivity index (χ2v) is 4.72. The number of carbonyl (C=O) groups excluding carboxylic acids is 1. The Morgan fingerprint density at radius 3 is 2.40 bits per heavy atom. The quantitative estimate of drug-likeness (QED) is 0.705. The maximum atomic E-state index is 11.9. The van der Waals surface area contributed by atoms with E-state index in [1.54, 1.807) is 0 Å². The highest BCUT2D eigenvalue weighted by Gasteiger charge is 2.27. The van der Waals surface area contributed by atoms with Crippen LogP contribution in [0.2, 0.25) is 0 Å². The van der Waals surface area contributed by atoms with E-state index in [9.17, 15) is 4.79 Å². The minimum Gasteiger partial charge on any atom is -0.396 e. The van der Waals surface area contributed by atoms with Crippen LogP contribution in [-0.4, -0.2) is 41.7 Å². The summed E-state index contributed by atoms with van der Waals surface area (Å²) in [6, 6.07) is -0.379. The minimum absolute atomic E-state index is 0.0568. The Kier molecular flexibility index (Phi) is 4.54. The first-order valence-electron chi connectivity index (χ1n) is 5.71. The van der Waals surface area contributed by atoms with E-state index >= 15 is 0 Å². The predicted molar refractivity (Wildman–Crippen MR) is 59.2 cm³/mol. The molecule has 1 fully saturated rings. The zero-order valence-electron chi connectivity index (χ0n) is 9.65. The average Bonchev–Trinajstić information content (AvgIpc) is 2.27. The van der Waals surface area contributed by atoms with Gasteiger partial charge in [0.1, 0.15) is 0 Å². The lowest BCUT2D eigenvalue weighted by Gasteiger charge is -2.33. The lowest BCUT2D eigenvalue weighted by atomic mass is 9.96. The van der Waals surface area contributed by atoms with Crippen LogP contribution in [0.3, 0.4) is 0 Å². The van der Waals surface area contributed by atoms with Crippen molar-refractivity contribution in [3.05, 3.63) is 0 Å². The van der Waals surface area contributed by atoms with Gasteiger partial charge in [-0.1, -0.05) is 13.8 Å². The van der Waals surface area contributed by atoms with E-state index in [0.29, 0.717) is 5.92 Å². The summed E-state index contributed by atoms with van der Waals surface area (Å²) >= 11 is 0. The number of hydrogen-bond acceptors (Lipinski definition) is 3. The summed E-state index contributed by atoms with van der Waals surface area (Å²) in [5, 5.41) is 8.99. The highest BCUT2D eigenvalue weighted by atomic mass is 16.3. The van der Waals surface area contributed by atoms with Crippen molar-refractivity contribution in [1.82, 2.24) is 4.90 Å². The number of aliphatic hydroxyl groups is 1. The molecule has 1 atom stereocenters. The van der Waals surface area contributed by atoms with Crippen molar-refractivity contribution < 1.29 is 9.90 Å². The summed E-state index contributed by atoms with van der Waals surface area (Å²) in [5.74, 6) is 0.610. The van der Waals surface area contributed by atoms with Crippen molar-refractivity contribution in [1.29, 1.82) is 0 Å². The number of aliphatic hydroxyl groups excluding tert-OH is 1. The Labute approximate surface area is 91.4 Å². The number of hydrogen-bond donors (Lipinski definition) is 2. The van der Waals surface area contributed by atoms with Gasteiger partial charge in [-0.15, -0.1) is 0 Å². The van der Waals surface area contributed by atoms with Crippen molar-refractivity contribution in [2.45, 2.75) is 32.7 Å². The molecule has 0 aromatic rings. The van der Waals surface area contributed by atoms with Crippen molar-refractivity contribution in [3.63, 3.8) is 0 Å². The molecule has 1 amide bonds. The Hall–Kier alpha value is -0.610. The fraction of sp³-hybridized carbons (Fsp3) is 0.909. The van der Waals surface area contributed by atoms with Crippen molar-refractivity contribution in [2.24, 2.45) is 17.6 Å². The molecule has 0 unspecified atom stereocenters. The molecule has 3 N–H and O–H groups in total. The van der Waals surface area contributed by atoms with Crippen molar-refractivity contribution in [3.8, 4) is 0 Å². The summed E-state index contributed by atoms with van der Waals surface area (Å²) < 4.78 is 0. The maximum absolute atomic E-state index is 11.9. The number of nitrogens with two attached hydrogens (primary N) is 1. The molecule has 0 bridgehead atoms. The number of likely N-dealkylation sites (tertiary alicyclic amines) is 1. The summed E-state index contributed by atoms with van der Waals surface area (Å²) in [6.45, 7) is 5.64. The van der Waals surface area contributed by atoms with Crippen LogP contribution < -0.4 is 5.73 Å². The van der Waals surface area contributed by atoms with E-state index in [1.165, 1.54) is 0 Å². The standard InChI is InChI=1S/C11H22N2O2/c1-8(2)10(12)11(15)13-5-3-9(7-14)4-6-13/h8-10,14H,3-7,12H2,1-2H3/t10-/m1/s1. The van der Waals surface area contributed by atoms with E-state index in [1.807, 2.05) is 18.7 Å². The summed E-state index contributed by atoms with van der Waals surface area (Å²) in [7, 11) is 0. The van der Waals surface area contributed by atoms with Gasteiger partial charge in [-0.2, -0.15) is 0 Å². The number of nitrogens with zero attached hydrogens (tertiary/aromatic N) is 1. The van der Waals surface area contributed by atoms with Crippen LogP contribution in [-0.2, 0) is 4.79 Å². The van der Waals surface area contributed by atoms with Crippen LogP contribution in [0.5, 0.6) is 0 Å². The fourth-order valence-corrected chi connectivity index (χ4v) is 1.83. The highest BCUT2D eigenvalue weighted by molar-refractivity contribution is 5.81. The van der Waals surface area contributed by atoms with Crippen molar-refractivity contribution in [2.75, 3.05) is 19.7 Å². The van der Waals surface area contributed by atoms with Crippen LogP contribution in [0, 0.1) is 11.8 Å². The third-order valence-corrected chi connectivity index (χ3v) is 3.19. The Morgan fingerprint density at radius 1 is 1.47 bits per heavy atom. The lowest BCUT2D eigenvalue weighted by molar-refractivity contribution is -0.135. The van der Waals surface area contributed by atoms with Gasteiger partial charge in [0, 0.05) is 19.7 Å². The molecule has 88 valence electrons. The normalized spacial score (nSPS) is 20.7. The molecule has 1 rings (SSSR count). The molecule has 0 aromatic carbocycles. The Bertz CT molecular complexity index is 211. The van der Waals surface area contributed by atoms with Gasteiger partial charge >= 0.3 is 0 Å². The number of rotatable bonds is 3. The van der Waals surface area contributed by atoms with Crippen molar-refractivity contribution >= 4 is 5.91 Å². The van der Waals surface area contributed by atoms with Gasteiger partial charge in [-0.25, -0.2) is 0 Å². The van der Waals surface area contributed by atoms with E-state index in [4.69, 9.17) is 10.8 Å². The molecule has 1 aliphatic heterocycles. The van der Waals surface area contributed by atoms with Gasteiger partial charge in [-0.05, 0) is 24.7 Å². The molecule has 0 aliphatic carbocycles. The van der Waals surface area contributed by atoms with Gasteiger partial charge in [-0.3, -0.25) is 4.79 Å². The number of carbonyl (C=O) groups is 1. The molecule has 1 aliphatic rings. The molecule has 1 heterocycles. The SMILES string of the molecule is CC(C)[C@@H](N)C(=O)N1CCC(CO)CC1. The molecule has 0 aromatic heterocycles. The number of piperidine rings is 1. The third kappa shape index (κ3) is 3.18. The van der Waals surface area contributed by atoms with Crippen LogP contribution in [0.25, 0.3) is 0 Å². The molecular formula is C11H22N2O2. The van der Waals surface area contributed by atoms with E-state index in [-0.39, 0.29) is 24.5 Å². The maximum Gasteiger partial charge on any atom is 0.239 e. The smallest absolute Gasteiger partial charge is 0.239 e. The largest absolute Gasteiger partial charge is 0.396 e. The second-order valence-electron chi connectivity index (χ2n) is 4.72. The summed E-state index contributed by atoms with van der Waals surface area (Å²) in [6.07, 6.45) is 1.79. The van der Waals surface area contributed by atoms with Crippen LogP contribution >= 0.6 is 0 Å². The van der Waals surface area contributed by atoms with Crippen LogP contribution in [0.4, 0.5) is 0 Å². The zero-order chi connectivity index (χ0) is 11.4. The molecule has 0 radical (unpaired) electrons. The molecule has 4 nitrogen and oxygen atoms in total. The van der Waals surface area contributed by atoms with Crippen LogP contribution in [0.1, 0.15) is 26.7 Å². The molecule has 0 spiro atoms. The highest BCUT2D eigenvalue weighted by Crippen LogP contribution is 2.17. The van der Waals surface area contributed by atoms with E-state index in [2.05, 4.69) is 0 Å². The number of amides is 1. The summed E-state index contributed by atoms with van der Waals surface area (Å²) in [4.78, 5) is 13.7. The topological polar surface area (TPSA) is 66.6 Å². The molecule has 4 heteroatoms. The first-order chi connectivity index (χ1) is 7.06. The first kappa shape index (κ1) is 12.5.